The van der Waals surface area contributed by atoms with Crippen LogP contribution in [0.3, 0.4) is 0 Å². The minimum atomic E-state index is -0.885. The van der Waals surface area contributed by atoms with Gasteiger partial charge in [0.05, 0.1) is 49.1 Å². The molecule has 2 aliphatic rings. The third-order valence-corrected chi connectivity index (χ3v) is 6.90. The maximum Gasteiger partial charge on any atom is 0.306 e. The van der Waals surface area contributed by atoms with E-state index in [9.17, 15) is 15.2 Å². The van der Waals surface area contributed by atoms with E-state index in [1.165, 1.54) is 0 Å². The van der Waals surface area contributed by atoms with E-state index >= 15 is 0 Å². The summed E-state index contributed by atoms with van der Waals surface area (Å²) in [6, 6.07) is 4.30. The predicted molar refractivity (Wildman–Crippen MR) is 119 cm³/mol. The average molecular weight is 441 g/mol. The van der Waals surface area contributed by atoms with Crippen molar-refractivity contribution in [3.05, 3.63) is 34.0 Å². The smallest absolute Gasteiger partial charge is 0.306 e. The number of nitriles is 1. The summed E-state index contributed by atoms with van der Waals surface area (Å²) in [6.45, 7) is 7.25. The van der Waals surface area contributed by atoms with Crippen LogP contribution in [0.5, 0.6) is 0 Å². The van der Waals surface area contributed by atoms with Gasteiger partial charge >= 0.3 is 5.97 Å². The van der Waals surface area contributed by atoms with E-state index in [-0.39, 0.29) is 6.42 Å². The summed E-state index contributed by atoms with van der Waals surface area (Å²) in [5.74, 6) is -0.367. The number of H-pyrrole nitrogens is 1. The number of rotatable bonds is 8. The third-order valence-electron chi connectivity index (χ3n) is 6.90. The normalized spacial score (nSPS) is 21.4. The van der Waals surface area contributed by atoms with Gasteiger partial charge in [0.15, 0.2) is 0 Å². The molecule has 2 aromatic rings. The minimum absolute atomic E-state index is 0.0946. The molecule has 0 amide bonds. The van der Waals surface area contributed by atoms with Crippen LogP contribution in [0.1, 0.15) is 67.0 Å². The highest BCUT2D eigenvalue weighted by atomic mass is 16.5. The molecular weight excluding hydrogens is 408 g/mol. The number of benzene rings is 1. The van der Waals surface area contributed by atoms with Crippen molar-refractivity contribution in [2.75, 3.05) is 26.4 Å². The van der Waals surface area contributed by atoms with Crippen molar-refractivity contribution >= 4 is 16.9 Å². The highest BCUT2D eigenvalue weighted by Crippen LogP contribution is 2.44. The van der Waals surface area contributed by atoms with Crippen molar-refractivity contribution in [1.29, 1.82) is 5.26 Å². The summed E-state index contributed by atoms with van der Waals surface area (Å²) in [7, 11) is 0. The number of carbonyl (C=O) groups is 1. The number of fused-ring (bicyclic) bond motifs is 3. The molecule has 1 fully saturated rings. The van der Waals surface area contributed by atoms with Crippen LogP contribution in [0.4, 0.5) is 0 Å². The van der Waals surface area contributed by atoms with Gasteiger partial charge in [0, 0.05) is 18.6 Å². The SMILES string of the molecule is CCCC1(CC(=O)O)OCCc2c1[nH]c1c(C)c(COCC3CCOCC3)cc(C#N)c21. The lowest BCUT2D eigenvalue weighted by Crippen LogP contribution is -2.37. The molecule has 32 heavy (non-hydrogen) atoms. The number of aromatic nitrogens is 1. The lowest BCUT2D eigenvalue weighted by Gasteiger charge is -2.36. The first kappa shape index (κ1) is 22.8. The average Bonchev–Trinajstić information content (AvgIpc) is 3.18. The zero-order valence-electron chi connectivity index (χ0n) is 19.0. The number of ether oxygens (including phenoxy) is 3. The van der Waals surface area contributed by atoms with Gasteiger partial charge in [0.2, 0.25) is 0 Å². The molecule has 7 nitrogen and oxygen atoms in total. The Kier molecular flexibility index (Phi) is 6.85. The van der Waals surface area contributed by atoms with E-state index in [0.29, 0.717) is 44.1 Å². The van der Waals surface area contributed by atoms with Crippen molar-refractivity contribution in [2.45, 2.75) is 64.6 Å². The number of hydrogen-bond donors (Lipinski definition) is 2. The van der Waals surface area contributed by atoms with E-state index in [4.69, 9.17) is 14.2 Å². The molecule has 4 rings (SSSR count). The van der Waals surface area contributed by atoms with Crippen molar-refractivity contribution in [1.82, 2.24) is 4.98 Å². The molecule has 1 atom stereocenters. The van der Waals surface area contributed by atoms with Crippen LogP contribution in [-0.2, 0) is 37.6 Å². The molecule has 2 aliphatic heterocycles. The standard InChI is InChI=1S/C25H32N2O5/c1-3-7-25(12-21(28)29)24-20(6-10-32-25)22-18(13-26)11-19(16(2)23(22)27-24)15-31-14-17-4-8-30-9-5-17/h11,17,27H,3-10,12,14-15H2,1-2H3,(H,28,29). The number of nitrogens with zero attached hydrogens (tertiary/aromatic N) is 1. The van der Waals surface area contributed by atoms with Gasteiger partial charge in [-0.1, -0.05) is 13.3 Å². The van der Waals surface area contributed by atoms with Gasteiger partial charge in [-0.25, -0.2) is 0 Å². The van der Waals surface area contributed by atoms with E-state index in [1.807, 2.05) is 19.9 Å². The molecule has 0 radical (unpaired) electrons. The van der Waals surface area contributed by atoms with Crippen molar-refractivity contribution in [3.63, 3.8) is 0 Å². The second-order valence-electron chi connectivity index (χ2n) is 9.03. The quantitative estimate of drug-likeness (QED) is 0.633. The van der Waals surface area contributed by atoms with Crippen molar-refractivity contribution < 1.29 is 24.1 Å². The molecule has 0 bridgehead atoms. The van der Waals surface area contributed by atoms with E-state index in [1.54, 1.807) is 0 Å². The number of carboxylic acid groups (broad SMARTS) is 1. The summed E-state index contributed by atoms with van der Waals surface area (Å²) in [6.07, 6.45) is 4.02. The Morgan fingerprint density at radius 1 is 1.38 bits per heavy atom. The second kappa shape index (κ2) is 9.62. The summed E-state index contributed by atoms with van der Waals surface area (Å²) >= 11 is 0. The van der Waals surface area contributed by atoms with Gasteiger partial charge in [-0.3, -0.25) is 4.79 Å². The van der Waals surface area contributed by atoms with Crippen LogP contribution in [0.2, 0.25) is 0 Å². The summed E-state index contributed by atoms with van der Waals surface area (Å²) in [5.41, 5.74) is 4.50. The fourth-order valence-corrected chi connectivity index (χ4v) is 5.25. The Balaban J connectivity index is 1.70. The van der Waals surface area contributed by atoms with Gasteiger partial charge < -0.3 is 24.3 Å². The number of hydrogen-bond acceptors (Lipinski definition) is 5. The fraction of sp³-hybridized carbons (Fsp3) is 0.600. The van der Waals surface area contributed by atoms with Gasteiger partial charge in [0.25, 0.3) is 0 Å². The van der Waals surface area contributed by atoms with Crippen LogP contribution >= 0.6 is 0 Å². The van der Waals surface area contributed by atoms with Gasteiger partial charge in [-0.15, -0.1) is 0 Å². The molecular formula is C25H32N2O5. The number of nitrogens with one attached hydrogen (secondary N) is 1. The lowest BCUT2D eigenvalue weighted by atomic mass is 9.84. The maximum atomic E-state index is 11.7. The van der Waals surface area contributed by atoms with Crippen LogP contribution in [0.15, 0.2) is 6.07 Å². The molecule has 1 aromatic heterocycles. The topological polar surface area (TPSA) is 105 Å². The van der Waals surface area contributed by atoms with Crippen LogP contribution in [0.25, 0.3) is 10.9 Å². The number of aromatic amines is 1. The number of aliphatic carboxylic acids is 1. The van der Waals surface area contributed by atoms with Crippen LogP contribution in [-0.4, -0.2) is 42.5 Å². The van der Waals surface area contributed by atoms with Crippen molar-refractivity contribution in [3.8, 4) is 6.07 Å². The Bertz CT molecular complexity index is 1030. The van der Waals surface area contributed by atoms with E-state index in [0.717, 1.165) is 65.8 Å². The highest BCUT2D eigenvalue weighted by molar-refractivity contribution is 5.94. The fourth-order valence-electron chi connectivity index (χ4n) is 5.25. The lowest BCUT2D eigenvalue weighted by molar-refractivity contribution is -0.149. The Morgan fingerprint density at radius 3 is 2.84 bits per heavy atom. The first-order valence-corrected chi connectivity index (χ1v) is 11.6. The maximum absolute atomic E-state index is 11.7. The monoisotopic (exact) mass is 440 g/mol. The van der Waals surface area contributed by atoms with Gasteiger partial charge in [0.1, 0.15) is 5.60 Å². The summed E-state index contributed by atoms with van der Waals surface area (Å²) in [4.78, 5) is 15.2. The molecule has 0 saturated carbocycles. The van der Waals surface area contributed by atoms with Gasteiger partial charge in [-0.05, 0) is 61.3 Å². The Hall–Kier alpha value is -2.40. The predicted octanol–water partition coefficient (Wildman–Crippen LogP) is 4.33. The molecule has 2 N–H and O–H groups in total. The second-order valence-corrected chi connectivity index (χ2v) is 9.03. The van der Waals surface area contributed by atoms with Gasteiger partial charge in [-0.2, -0.15) is 5.26 Å². The molecule has 1 unspecified atom stereocenters. The number of carboxylic acids is 1. The first-order chi connectivity index (χ1) is 15.5. The zero-order chi connectivity index (χ0) is 22.7. The molecule has 1 aromatic carbocycles. The third kappa shape index (κ3) is 4.27. The molecule has 0 aliphatic carbocycles. The van der Waals surface area contributed by atoms with Crippen LogP contribution in [0, 0.1) is 24.2 Å². The van der Waals surface area contributed by atoms with E-state index in [2.05, 4.69) is 11.1 Å². The van der Waals surface area contributed by atoms with Crippen LogP contribution < -0.4 is 0 Å². The first-order valence-electron chi connectivity index (χ1n) is 11.6. The number of aryl methyl sites for hydroxylation is 1. The Morgan fingerprint density at radius 2 is 2.16 bits per heavy atom. The molecule has 0 spiro atoms. The molecule has 7 heteroatoms. The molecule has 172 valence electrons. The van der Waals surface area contributed by atoms with Crippen molar-refractivity contribution in [2.24, 2.45) is 5.92 Å². The Labute approximate surface area is 188 Å². The highest BCUT2D eigenvalue weighted by Gasteiger charge is 2.42. The zero-order valence-corrected chi connectivity index (χ0v) is 19.0. The molecule has 1 saturated heterocycles. The largest absolute Gasteiger partial charge is 0.481 e. The summed E-state index contributed by atoms with van der Waals surface area (Å²) < 4.78 is 17.6. The minimum Gasteiger partial charge on any atom is -0.481 e. The molecule has 3 heterocycles. The summed E-state index contributed by atoms with van der Waals surface area (Å²) in [5, 5.41) is 20.4. The van der Waals surface area contributed by atoms with E-state index < -0.39 is 11.6 Å².